The van der Waals surface area contributed by atoms with Crippen LogP contribution >= 0.6 is 0 Å². The predicted octanol–water partition coefficient (Wildman–Crippen LogP) is 4.21. The van der Waals surface area contributed by atoms with Crippen LogP contribution in [0.2, 0.25) is 0 Å². The Morgan fingerprint density at radius 1 is 1.07 bits per heavy atom. The van der Waals surface area contributed by atoms with Crippen molar-refractivity contribution in [3.8, 4) is 11.5 Å². The van der Waals surface area contributed by atoms with Gasteiger partial charge < -0.3 is 14.8 Å². The van der Waals surface area contributed by atoms with Crippen LogP contribution in [0.1, 0.15) is 43.6 Å². The highest BCUT2D eigenvalue weighted by Crippen LogP contribution is 2.29. The summed E-state index contributed by atoms with van der Waals surface area (Å²) in [6.45, 7) is 12.0. The van der Waals surface area contributed by atoms with Gasteiger partial charge in [0.1, 0.15) is 0 Å². The first kappa shape index (κ1) is 21.4. The first-order valence-corrected chi connectivity index (χ1v) is 10.5. The Kier molecular flexibility index (Phi) is 7.31. The monoisotopic (exact) mass is 398 g/mol. The maximum Gasteiger partial charge on any atom is 0.223 e. The average Bonchev–Trinajstić information content (AvgIpc) is 2.67. The molecule has 1 aliphatic rings. The van der Waals surface area contributed by atoms with Crippen molar-refractivity contribution in [3.05, 3.63) is 41.2 Å². The van der Waals surface area contributed by atoms with Gasteiger partial charge >= 0.3 is 0 Å². The zero-order chi connectivity index (χ0) is 20.8. The standard InChI is InChI=1S/C23H34N4O2/c1-16(2)15-29-22-13-19(6-7-21(22)28-5)14-27-10-8-20(9-11-27)26-23-24-17(3)12-18(4)25-23/h6-7,12-13,16,20H,8-11,14-15H2,1-5H3,(H,24,25,26). The minimum absolute atomic E-state index is 0.424. The van der Waals surface area contributed by atoms with Crippen molar-refractivity contribution in [3.63, 3.8) is 0 Å². The fourth-order valence-corrected chi connectivity index (χ4v) is 3.66. The van der Waals surface area contributed by atoms with Crippen LogP contribution in [-0.2, 0) is 6.54 Å². The Labute approximate surface area is 174 Å². The van der Waals surface area contributed by atoms with E-state index in [0.717, 1.165) is 61.3 Å². The van der Waals surface area contributed by atoms with Crippen LogP contribution in [0.4, 0.5) is 5.95 Å². The van der Waals surface area contributed by atoms with E-state index in [9.17, 15) is 0 Å². The second kappa shape index (κ2) is 9.92. The SMILES string of the molecule is COc1ccc(CN2CCC(Nc3nc(C)cc(C)n3)CC2)cc1OCC(C)C. The lowest BCUT2D eigenvalue weighted by Crippen LogP contribution is -2.39. The molecular weight excluding hydrogens is 364 g/mol. The summed E-state index contributed by atoms with van der Waals surface area (Å²) >= 11 is 0. The van der Waals surface area contributed by atoms with Gasteiger partial charge in [0.25, 0.3) is 0 Å². The summed E-state index contributed by atoms with van der Waals surface area (Å²) in [6.07, 6.45) is 2.17. The molecule has 0 unspecified atom stereocenters. The van der Waals surface area contributed by atoms with Crippen LogP contribution in [0.25, 0.3) is 0 Å². The number of methoxy groups -OCH3 is 1. The van der Waals surface area contributed by atoms with Gasteiger partial charge in [-0.1, -0.05) is 19.9 Å². The Morgan fingerprint density at radius 3 is 2.38 bits per heavy atom. The molecule has 1 N–H and O–H groups in total. The zero-order valence-corrected chi connectivity index (χ0v) is 18.4. The van der Waals surface area contributed by atoms with Crippen LogP contribution in [0.3, 0.4) is 0 Å². The fourth-order valence-electron chi connectivity index (χ4n) is 3.66. The lowest BCUT2D eigenvalue weighted by molar-refractivity contribution is 0.210. The van der Waals surface area contributed by atoms with Gasteiger partial charge in [-0.2, -0.15) is 0 Å². The molecule has 6 heteroatoms. The summed E-state index contributed by atoms with van der Waals surface area (Å²) in [6, 6.07) is 8.69. The third kappa shape index (κ3) is 6.32. The van der Waals surface area contributed by atoms with Gasteiger partial charge in [-0.15, -0.1) is 0 Å². The largest absolute Gasteiger partial charge is 0.493 e. The molecule has 0 aliphatic carbocycles. The normalized spacial score (nSPS) is 15.5. The van der Waals surface area contributed by atoms with Gasteiger partial charge in [-0.05, 0) is 56.4 Å². The Hall–Kier alpha value is -2.34. The maximum absolute atomic E-state index is 5.95. The molecule has 3 rings (SSSR count). The zero-order valence-electron chi connectivity index (χ0n) is 18.4. The van der Waals surface area contributed by atoms with Crippen molar-refractivity contribution in [2.75, 3.05) is 32.1 Å². The molecule has 2 heterocycles. The van der Waals surface area contributed by atoms with Crippen LogP contribution in [0.15, 0.2) is 24.3 Å². The van der Waals surface area contributed by atoms with Gasteiger partial charge in [0.15, 0.2) is 11.5 Å². The molecule has 0 saturated carbocycles. The molecule has 29 heavy (non-hydrogen) atoms. The molecule has 0 spiro atoms. The van der Waals surface area contributed by atoms with E-state index in [0.29, 0.717) is 18.6 Å². The Balaban J connectivity index is 1.54. The Morgan fingerprint density at radius 2 is 1.76 bits per heavy atom. The van der Waals surface area contributed by atoms with Gasteiger partial charge in [-0.25, -0.2) is 9.97 Å². The topological polar surface area (TPSA) is 59.5 Å². The third-order valence-corrected chi connectivity index (χ3v) is 5.11. The van der Waals surface area contributed by atoms with Gasteiger partial charge in [0.2, 0.25) is 5.95 Å². The van der Waals surface area contributed by atoms with E-state index in [1.807, 2.05) is 26.0 Å². The molecular formula is C23H34N4O2. The van der Waals surface area contributed by atoms with Crippen molar-refractivity contribution in [2.45, 2.75) is 53.1 Å². The predicted molar refractivity (Wildman–Crippen MR) is 117 cm³/mol. The van der Waals surface area contributed by atoms with Gasteiger partial charge in [0, 0.05) is 37.1 Å². The van der Waals surface area contributed by atoms with E-state index in [2.05, 4.69) is 46.2 Å². The number of rotatable bonds is 8. The quantitative estimate of drug-likeness (QED) is 0.719. The minimum atomic E-state index is 0.424. The van der Waals surface area contributed by atoms with Crippen molar-refractivity contribution >= 4 is 5.95 Å². The van der Waals surface area contributed by atoms with E-state index in [1.54, 1.807) is 7.11 Å². The van der Waals surface area contributed by atoms with E-state index < -0.39 is 0 Å². The maximum atomic E-state index is 5.95. The summed E-state index contributed by atoms with van der Waals surface area (Å²) in [5.74, 6) is 2.87. The van der Waals surface area contributed by atoms with E-state index in [-0.39, 0.29) is 0 Å². The smallest absolute Gasteiger partial charge is 0.223 e. The second-order valence-electron chi connectivity index (χ2n) is 8.36. The number of benzene rings is 1. The third-order valence-electron chi connectivity index (χ3n) is 5.11. The number of hydrogen-bond donors (Lipinski definition) is 1. The highest BCUT2D eigenvalue weighted by Gasteiger charge is 2.20. The number of anilines is 1. The van der Waals surface area contributed by atoms with Crippen LogP contribution in [-0.4, -0.2) is 47.7 Å². The number of nitrogens with zero attached hydrogens (tertiary/aromatic N) is 3. The lowest BCUT2D eigenvalue weighted by Gasteiger charge is -2.32. The van der Waals surface area contributed by atoms with E-state index in [4.69, 9.17) is 9.47 Å². The van der Waals surface area contributed by atoms with Crippen molar-refractivity contribution in [1.82, 2.24) is 14.9 Å². The highest BCUT2D eigenvalue weighted by atomic mass is 16.5. The van der Waals surface area contributed by atoms with Crippen LogP contribution in [0, 0.1) is 19.8 Å². The summed E-state index contributed by atoms with van der Waals surface area (Å²) in [5, 5.41) is 3.51. The number of nitrogens with one attached hydrogen (secondary N) is 1. The number of piperidine rings is 1. The molecule has 0 radical (unpaired) electrons. The van der Waals surface area contributed by atoms with Crippen LogP contribution in [0.5, 0.6) is 11.5 Å². The fraction of sp³-hybridized carbons (Fsp3) is 0.565. The Bertz CT molecular complexity index is 781. The van der Waals surface area contributed by atoms with Crippen molar-refractivity contribution in [1.29, 1.82) is 0 Å². The molecule has 0 atom stereocenters. The number of aromatic nitrogens is 2. The van der Waals surface area contributed by atoms with Gasteiger partial charge in [0.05, 0.1) is 13.7 Å². The average molecular weight is 399 g/mol. The summed E-state index contributed by atoms with van der Waals surface area (Å²) < 4.78 is 11.4. The molecule has 0 bridgehead atoms. The van der Waals surface area contributed by atoms with Crippen molar-refractivity contribution < 1.29 is 9.47 Å². The second-order valence-corrected chi connectivity index (χ2v) is 8.36. The number of aryl methyl sites for hydroxylation is 2. The molecule has 1 aromatic carbocycles. The summed E-state index contributed by atoms with van der Waals surface area (Å²) in [4.78, 5) is 11.5. The molecule has 1 aliphatic heterocycles. The lowest BCUT2D eigenvalue weighted by atomic mass is 10.0. The number of ether oxygens (including phenoxy) is 2. The molecule has 1 fully saturated rings. The number of hydrogen-bond acceptors (Lipinski definition) is 6. The van der Waals surface area contributed by atoms with Crippen LogP contribution < -0.4 is 14.8 Å². The van der Waals surface area contributed by atoms with E-state index in [1.165, 1.54) is 5.56 Å². The molecule has 1 saturated heterocycles. The number of likely N-dealkylation sites (tertiary alicyclic amines) is 1. The van der Waals surface area contributed by atoms with Crippen molar-refractivity contribution in [2.24, 2.45) is 5.92 Å². The molecule has 0 amide bonds. The van der Waals surface area contributed by atoms with E-state index >= 15 is 0 Å². The molecule has 158 valence electrons. The molecule has 6 nitrogen and oxygen atoms in total. The molecule has 2 aromatic rings. The highest BCUT2D eigenvalue weighted by molar-refractivity contribution is 5.43. The summed E-state index contributed by atoms with van der Waals surface area (Å²) in [5.41, 5.74) is 3.27. The minimum Gasteiger partial charge on any atom is -0.493 e. The van der Waals surface area contributed by atoms with Gasteiger partial charge in [-0.3, -0.25) is 4.90 Å². The molecule has 1 aromatic heterocycles. The first-order valence-electron chi connectivity index (χ1n) is 10.5. The summed E-state index contributed by atoms with van der Waals surface area (Å²) in [7, 11) is 1.69. The first-order chi connectivity index (χ1) is 13.9.